The molecule has 0 radical (unpaired) electrons. The molecule has 3 heterocycles. The summed E-state index contributed by atoms with van der Waals surface area (Å²) in [5, 5.41) is 21.9. The lowest BCUT2D eigenvalue weighted by Crippen LogP contribution is -2.38. The van der Waals surface area contributed by atoms with E-state index in [1.165, 1.54) is 12.4 Å². The van der Waals surface area contributed by atoms with E-state index in [0.29, 0.717) is 16.8 Å². The highest BCUT2D eigenvalue weighted by molar-refractivity contribution is 5.78. The van der Waals surface area contributed by atoms with Gasteiger partial charge in [-0.3, -0.25) is 0 Å². The number of aryl methyl sites for hydroxylation is 2. The number of hydrogen-bond donors (Lipinski definition) is 3. The smallest absolute Gasteiger partial charge is 0.164 e. The summed E-state index contributed by atoms with van der Waals surface area (Å²) in [5.41, 5.74) is 8.76. The molecule has 0 spiro atoms. The van der Waals surface area contributed by atoms with Crippen LogP contribution in [-0.4, -0.2) is 43.1 Å². The summed E-state index contributed by atoms with van der Waals surface area (Å²) in [5.74, 6) is -0.328. The molecule has 1 aromatic carbocycles. The van der Waals surface area contributed by atoms with Crippen molar-refractivity contribution in [1.82, 2.24) is 14.5 Å². The van der Waals surface area contributed by atoms with E-state index in [2.05, 4.69) is 9.97 Å². The normalized spacial score (nSPS) is 26.6. The van der Waals surface area contributed by atoms with Crippen LogP contribution in [0, 0.1) is 19.7 Å². The van der Waals surface area contributed by atoms with Crippen LogP contribution in [0.25, 0.3) is 11.0 Å². The Morgan fingerprint density at radius 3 is 2.70 bits per heavy atom. The Morgan fingerprint density at radius 2 is 1.96 bits per heavy atom. The van der Waals surface area contributed by atoms with Crippen LogP contribution in [0.3, 0.4) is 0 Å². The zero-order chi connectivity index (χ0) is 19.3. The molecule has 4 rings (SSSR count). The zero-order valence-electron chi connectivity index (χ0n) is 15.0. The molecule has 1 aliphatic rings. The second-order valence-corrected chi connectivity index (χ2v) is 6.93. The van der Waals surface area contributed by atoms with Gasteiger partial charge in [0, 0.05) is 11.6 Å². The Bertz CT molecular complexity index is 992. The summed E-state index contributed by atoms with van der Waals surface area (Å²) in [7, 11) is 0. The van der Waals surface area contributed by atoms with Gasteiger partial charge in [0.05, 0.1) is 11.7 Å². The third-order valence-electron chi connectivity index (χ3n) is 5.18. The molecule has 8 heteroatoms. The summed E-state index contributed by atoms with van der Waals surface area (Å²) in [4.78, 5) is 8.41. The van der Waals surface area contributed by atoms with Crippen LogP contribution in [0.4, 0.5) is 4.39 Å². The van der Waals surface area contributed by atoms with Gasteiger partial charge >= 0.3 is 0 Å². The number of aromatic nitrogens is 3. The lowest BCUT2D eigenvalue weighted by Gasteiger charge is -2.23. The maximum absolute atomic E-state index is 13.5. The second-order valence-electron chi connectivity index (χ2n) is 6.93. The molecule has 1 fully saturated rings. The number of rotatable bonds is 3. The minimum Gasteiger partial charge on any atom is -0.387 e. The number of benzene rings is 1. The molecule has 4 N–H and O–H groups in total. The zero-order valence-corrected chi connectivity index (χ0v) is 15.0. The summed E-state index contributed by atoms with van der Waals surface area (Å²) in [6, 6.07) is 5.63. The maximum Gasteiger partial charge on any atom is 0.164 e. The first-order valence-electron chi connectivity index (χ1n) is 8.70. The second kappa shape index (κ2) is 6.65. The van der Waals surface area contributed by atoms with Gasteiger partial charge in [-0.25, -0.2) is 14.4 Å². The van der Waals surface area contributed by atoms with E-state index in [4.69, 9.17) is 10.5 Å². The van der Waals surface area contributed by atoms with Crippen molar-refractivity contribution in [3.05, 3.63) is 59.4 Å². The lowest BCUT2D eigenvalue weighted by molar-refractivity contribution is -0.0422. The number of aliphatic hydroxyl groups is 2. The molecule has 1 saturated heterocycles. The van der Waals surface area contributed by atoms with Crippen molar-refractivity contribution < 1.29 is 19.3 Å². The highest BCUT2D eigenvalue weighted by atomic mass is 19.1. The first-order valence-corrected chi connectivity index (χ1v) is 8.70. The van der Waals surface area contributed by atoms with Crippen LogP contribution in [0.15, 0.2) is 36.8 Å². The largest absolute Gasteiger partial charge is 0.387 e. The van der Waals surface area contributed by atoms with Crippen LogP contribution < -0.4 is 5.73 Å². The third-order valence-corrected chi connectivity index (χ3v) is 5.18. The van der Waals surface area contributed by atoms with Gasteiger partial charge in [-0.2, -0.15) is 0 Å². The number of aliphatic hydroxyl groups excluding tert-OH is 2. The Labute approximate surface area is 155 Å². The summed E-state index contributed by atoms with van der Waals surface area (Å²) < 4.78 is 21.1. The predicted octanol–water partition coefficient (Wildman–Crippen LogP) is 1.51. The van der Waals surface area contributed by atoms with Crippen molar-refractivity contribution in [3.8, 4) is 0 Å². The van der Waals surface area contributed by atoms with E-state index < -0.39 is 30.6 Å². The minimum absolute atomic E-state index is 0.328. The van der Waals surface area contributed by atoms with Crippen LogP contribution in [0.2, 0.25) is 0 Å². The molecular weight excluding hydrogens is 351 g/mol. The van der Waals surface area contributed by atoms with Gasteiger partial charge in [-0.05, 0) is 37.1 Å². The molecule has 142 valence electrons. The van der Waals surface area contributed by atoms with Crippen LogP contribution in [-0.2, 0) is 4.74 Å². The number of hydrogen-bond acceptors (Lipinski definition) is 6. The number of nitrogens with zero attached hydrogens (tertiary/aromatic N) is 3. The molecule has 0 unspecified atom stereocenters. The van der Waals surface area contributed by atoms with Gasteiger partial charge in [0.1, 0.15) is 36.1 Å². The van der Waals surface area contributed by atoms with Gasteiger partial charge in [0.15, 0.2) is 6.23 Å². The van der Waals surface area contributed by atoms with Crippen molar-refractivity contribution in [3.63, 3.8) is 0 Å². The van der Waals surface area contributed by atoms with Crippen molar-refractivity contribution in [2.24, 2.45) is 5.73 Å². The van der Waals surface area contributed by atoms with E-state index in [0.717, 1.165) is 11.1 Å². The van der Waals surface area contributed by atoms with Gasteiger partial charge in [-0.15, -0.1) is 0 Å². The SMILES string of the molecule is Cc1cc([C@@H](N)[C@H]2O[C@@H](n3ccc4c(C)ncnc43)[C@H](O)[C@@H]2O)ccc1F. The van der Waals surface area contributed by atoms with Crippen molar-refractivity contribution >= 4 is 11.0 Å². The standard InChI is InChI=1S/C19H21FN4O3/c1-9-7-11(3-4-13(9)20)14(21)17-15(25)16(26)19(27-17)24-6-5-12-10(2)22-8-23-18(12)24/h3-8,14-17,19,25-26H,21H2,1-2H3/t14-,15+,16-,17-,19-/m1/s1. The van der Waals surface area contributed by atoms with Gasteiger partial charge in [0.25, 0.3) is 0 Å². The molecule has 2 aromatic heterocycles. The number of ether oxygens (including phenoxy) is 1. The Kier molecular flexibility index (Phi) is 4.43. The Balaban J connectivity index is 1.66. The van der Waals surface area contributed by atoms with E-state index in [-0.39, 0.29) is 5.82 Å². The minimum atomic E-state index is -1.20. The topological polar surface area (TPSA) is 106 Å². The highest BCUT2D eigenvalue weighted by Gasteiger charge is 2.47. The van der Waals surface area contributed by atoms with Gasteiger partial charge < -0.3 is 25.3 Å². The average molecular weight is 372 g/mol. The molecule has 5 atom stereocenters. The Hall–Kier alpha value is -2.39. The molecule has 7 nitrogen and oxygen atoms in total. The maximum atomic E-state index is 13.5. The molecule has 0 aliphatic carbocycles. The molecule has 1 aliphatic heterocycles. The lowest BCUT2D eigenvalue weighted by atomic mass is 9.96. The first kappa shape index (κ1) is 18.0. The highest BCUT2D eigenvalue weighted by Crippen LogP contribution is 2.37. The summed E-state index contributed by atoms with van der Waals surface area (Å²) in [6.07, 6.45) is -0.900. The molecule has 0 saturated carbocycles. The molecule has 27 heavy (non-hydrogen) atoms. The molecule has 0 amide bonds. The van der Waals surface area contributed by atoms with Crippen molar-refractivity contribution in [1.29, 1.82) is 0 Å². The van der Waals surface area contributed by atoms with Gasteiger partial charge in [-0.1, -0.05) is 12.1 Å². The number of halogens is 1. The summed E-state index contributed by atoms with van der Waals surface area (Å²) in [6.45, 7) is 3.51. The van der Waals surface area contributed by atoms with Crippen molar-refractivity contribution in [2.75, 3.05) is 0 Å². The van der Waals surface area contributed by atoms with Gasteiger partial charge in [0.2, 0.25) is 0 Å². The average Bonchev–Trinajstić information content (AvgIpc) is 3.20. The van der Waals surface area contributed by atoms with E-state index in [1.807, 2.05) is 13.0 Å². The molecule has 3 aromatic rings. The monoisotopic (exact) mass is 372 g/mol. The fourth-order valence-corrected chi connectivity index (χ4v) is 3.58. The molecule has 0 bridgehead atoms. The molecular formula is C19H21FN4O3. The van der Waals surface area contributed by atoms with Crippen LogP contribution >= 0.6 is 0 Å². The van der Waals surface area contributed by atoms with Crippen LogP contribution in [0.5, 0.6) is 0 Å². The number of fused-ring (bicyclic) bond motifs is 1. The van der Waals surface area contributed by atoms with Crippen molar-refractivity contribution in [2.45, 2.75) is 44.4 Å². The number of nitrogens with two attached hydrogens (primary N) is 1. The quantitative estimate of drug-likeness (QED) is 0.643. The van der Waals surface area contributed by atoms with E-state index >= 15 is 0 Å². The van der Waals surface area contributed by atoms with Crippen LogP contribution in [0.1, 0.15) is 29.1 Å². The summed E-state index contributed by atoms with van der Waals surface area (Å²) >= 11 is 0. The first-order chi connectivity index (χ1) is 12.9. The van der Waals surface area contributed by atoms with E-state index in [9.17, 15) is 14.6 Å². The fraction of sp³-hybridized carbons (Fsp3) is 0.368. The predicted molar refractivity (Wildman–Crippen MR) is 96.3 cm³/mol. The van der Waals surface area contributed by atoms with E-state index in [1.54, 1.807) is 29.8 Å². The Morgan fingerprint density at radius 1 is 1.19 bits per heavy atom. The fourth-order valence-electron chi connectivity index (χ4n) is 3.58. The third kappa shape index (κ3) is 2.90.